The number of aliphatic hydroxyl groups is 1. The molecular formula is C13H24N2O4. The summed E-state index contributed by atoms with van der Waals surface area (Å²) in [5.74, 6) is -1.01. The lowest BCUT2D eigenvalue weighted by atomic mass is 9.75. The maximum atomic E-state index is 12.3. The van der Waals surface area contributed by atoms with Gasteiger partial charge in [-0.2, -0.15) is 0 Å². The number of nitrogens with one attached hydrogen (secondary N) is 2. The van der Waals surface area contributed by atoms with Crippen LogP contribution in [0.5, 0.6) is 0 Å². The molecule has 19 heavy (non-hydrogen) atoms. The molecule has 1 fully saturated rings. The van der Waals surface area contributed by atoms with Crippen molar-refractivity contribution < 1.29 is 19.8 Å². The van der Waals surface area contributed by atoms with E-state index in [1.165, 1.54) is 6.92 Å². The molecule has 6 nitrogen and oxygen atoms in total. The van der Waals surface area contributed by atoms with Crippen molar-refractivity contribution in [3.63, 3.8) is 0 Å². The first-order valence-corrected chi connectivity index (χ1v) is 6.63. The Balaban J connectivity index is 2.61. The van der Waals surface area contributed by atoms with Crippen LogP contribution in [0, 0.1) is 11.3 Å². The number of carbonyl (C=O) groups excluding carboxylic acids is 1. The lowest BCUT2D eigenvalue weighted by molar-refractivity contribution is -0.143. The fraction of sp³-hybridized carbons (Fsp3) is 0.846. The van der Waals surface area contributed by atoms with Gasteiger partial charge in [-0.05, 0) is 25.8 Å². The molecule has 0 bridgehead atoms. The predicted octanol–water partition coefficient (Wildman–Crippen LogP) is -0.0360. The first kappa shape index (κ1) is 15.9. The third-order valence-corrected chi connectivity index (χ3v) is 3.91. The van der Waals surface area contributed by atoms with Crippen LogP contribution in [0.15, 0.2) is 0 Å². The molecule has 1 saturated heterocycles. The van der Waals surface area contributed by atoms with Gasteiger partial charge in [0.25, 0.3) is 0 Å². The number of carboxylic acids is 1. The second-order valence-corrected chi connectivity index (χ2v) is 5.99. The fourth-order valence-corrected chi connectivity index (χ4v) is 2.50. The summed E-state index contributed by atoms with van der Waals surface area (Å²) in [5.41, 5.74) is -1.88. The normalized spacial score (nSPS) is 26.2. The molecule has 110 valence electrons. The Morgan fingerprint density at radius 3 is 2.53 bits per heavy atom. The van der Waals surface area contributed by atoms with Crippen LogP contribution in [-0.2, 0) is 9.59 Å². The van der Waals surface area contributed by atoms with E-state index in [4.69, 9.17) is 5.11 Å². The molecule has 1 heterocycles. The molecule has 0 radical (unpaired) electrons. The zero-order valence-electron chi connectivity index (χ0n) is 11.8. The van der Waals surface area contributed by atoms with Crippen LogP contribution in [0.3, 0.4) is 0 Å². The van der Waals surface area contributed by atoms with Crippen molar-refractivity contribution in [3.05, 3.63) is 0 Å². The summed E-state index contributed by atoms with van der Waals surface area (Å²) in [6.07, 6.45) is 0.373. The van der Waals surface area contributed by atoms with Crippen molar-refractivity contribution in [1.29, 1.82) is 0 Å². The molecule has 4 N–H and O–H groups in total. The van der Waals surface area contributed by atoms with E-state index in [-0.39, 0.29) is 24.8 Å². The van der Waals surface area contributed by atoms with Crippen molar-refractivity contribution in [2.75, 3.05) is 19.6 Å². The predicted molar refractivity (Wildman–Crippen MR) is 70.6 cm³/mol. The molecule has 1 aliphatic rings. The van der Waals surface area contributed by atoms with Crippen LogP contribution in [-0.4, -0.2) is 47.3 Å². The van der Waals surface area contributed by atoms with Gasteiger partial charge in [0.2, 0.25) is 5.91 Å². The average molecular weight is 272 g/mol. The molecule has 1 aliphatic heterocycles. The number of hydrogen-bond acceptors (Lipinski definition) is 4. The minimum atomic E-state index is -1.42. The summed E-state index contributed by atoms with van der Waals surface area (Å²) in [6.45, 7) is 6.79. The number of carboxylic acid groups (broad SMARTS) is 1. The maximum absolute atomic E-state index is 12.3. The molecule has 0 spiro atoms. The highest BCUT2D eigenvalue weighted by Crippen LogP contribution is 2.34. The van der Waals surface area contributed by atoms with Crippen molar-refractivity contribution in [2.24, 2.45) is 11.3 Å². The van der Waals surface area contributed by atoms with E-state index in [0.717, 1.165) is 13.0 Å². The van der Waals surface area contributed by atoms with E-state index >= 15 is 0 Å². The standard InChI is InChI=1S/C13H24N2O4/c1-9(2)13(4-5-14-8-13)11(18)15-7-12(3,19)6-10(16)17/h9,14,19H,4-8H2,1-3H3,(H,15,18)(H,16,17). The van der Waals surface area contributed by atoms with E-state index in [0.29, 0.717) is 6.54 Å². The van der Waals surface area contributed by atoms with Gasteiger partial charge in [-0.15, -0.1) is 0 Å². The number of amides is 1. The van der Waals surface area contributed by atoms with Crippen molar-refractivity contribution in [2.45, 2.75) is 39.2 Å². The first-order valence-electron chi connectivity index (χ1n) is 6.63. The Kier molecular flexibility index (Phi) is 4.92. The number of hydrogen-bond donors (Lipinski definition) is 4. The summed E-state index contributed by atoms with van der Waals surface area (Å²) in [7, 11) is 0. The molecule has 0 aromatic carbocycles. The van der Waals surface area contributed by atoms with Crippen LogP contribution in [0.2, 0.25) is 0 Å². The highest BCUT2D eigenvalue weighted by molar-refractivity contribution is 5.83. The highest BCUT2D eigenvalue weighted by Gasteiger charge is 2.44. The molecular weight excluding hydrogens is 248 g/mol. The Bertz CT molecular complexity index is 347. The molecule has 1 rings (SSSR count). The summed E-state index contributed by atoms with van der Waals surface area (Å²) in [6, 6.07) is 0. The van der Waals surface area contributed by atoms with Gasteiger partial charge in [-0.3, -0.25) is 9.59 Å². The van der Waals surface area contributed by atoms with Gasteiger partial charge < -0.3 is 20.8 Å². The first-order chi connectivity index (χ1) is 8.69. The Hall–Kier alpha value is -1.14. The molecule has 0 aromatic rings. The van der Waals surface area contributed by atoms with E-state index in [1.807, 2.05) is 13.8 Å². The number of rotatable bonds is 6. The van der Waals surface area contributed by atoms with Gasteiger partial charge in [0.15, 0.2) is 0 Å². The van der Waals surface area contributed by atoms with Gasteiger partial charge in [0, 0.05) is 13.1 Å². The topological polar surface area (TPSA) is 98.7 Å². The largest absolute Gasteiger partial charge is 0.481 e. The fourth-order valence-electron chi connectivity index (χ4n) is 2.50. The van der Waals surface area contributed by atoms with Gasteiger partial charge in [0.1, 0.15) is 0 Å². The Morgan fingerprint density at radius 2 is 2.11 bits per heavy atom. The molecule has 0 saturated carbocycles. The highest BCUT2D eigenvalue weighted by atomic mass is 16.4. The molecule has 0 aliphatic carbocycles. The summed E-state index contributed by atoms with van der Waals surface area (Å²) in [4.78, 5) is 22.9. The summed E-state index contributed by atoms with van der Waals surface area (Å²) in [5, 5.41) is 24.5. The van der Waals surface area contributed by atoms with E-state index in [1.54, 1.807) is 0 Å². The van der Waals surface area contributed by atoms with E-state index < -0.39 is 17.0 Å². The maximum Gasteiger partial charge on any atom is 0.306 e. The second kappa shape index (κ2) is 5.88. The van der Waals surface area contributed by atoms with Crippen molar-refractivity contribution in [3.8, 4) is 0 Å². The van der Waals surface area contributed by atoms with Crippen LogP contribution in [0.1, 0.15) is 33.6 Å². The van der Waals surface area contributed by atoms with Crippen molar-refractivity contribution >= 4 is 11.9 Å². The van der Waals surface area contributed by atoms with E-state index in [9.17, 15) is 14.7 Å². The molecule has 1 amide bonds. The smallest absolute Gasteiger partial charge is 0.306 e. The third-order valence-electron chi connectivity index (χ3n) is 3.91. The third kappa shape index (κ3) is 3.91. The monoisotopic (exact) mass is 272 g/mol. The van der Waals surface area contributed by atoms with Crippen LogP contribution in [0.25, 0.3) is 0 Å². The van der Waals surface area contributed by atoms with Gasteiger partial charge in [-0.25, -0.2) is 0 Å². The minimum absolute atomic E-state index is 0.0490. The van der Waals surface area contributed by atoms with Gasteiger partial charge in [0.05, 0.1) is 17.4 Å². The second-order valence-electron chi connectivity index (χ2n) is 5.99. The van der Waals surface area contributed by atoms with Crippen molar-refractivity contribution in [1.82, 2.24) is 10.6 Å². The average Bonchev–Trinajstić information content (AvgIpc) is 2.74. The lowest BCUT2D eigenvalue weighted by Gasteiger charge is -2.32. The number of carbonyl (C=O) groups is 2. The Labute approximate surface area is 113 Å². The minimum Gasteiger partial charge on any atom is -0.481 e. The Morgan fingerprint density at radius 1 is 1.47 bits per heavy atom. The SMILES string of the molecule is CC(C)C1(C(=O)NCC(C)(O)CC(=O)O)CCNC1. The number of aliphatic carboxylic acids is 1. The van der Waals surface area contributed by atoms with Crippen LogP contribution >= 0.6 is 0 Å². The quantitative estimate of drug-likeness (QED) is 0.544. The lowest BCUT2D eigenvalue weighted by Crippen LogP contribution is -2.50. The van der Waals surface area contributed by atoms with Gasteiger partial charge >= 0.3 is 5.97 Å². The van der Waals surface area contributed by atoms with Crippen LogP contribution < -0.4 is 10.6 Å². The molecule has 2 atom stereocenters. The zero-order chi connectivity index (χ0) is 14.7. The van der Waals surface area contributed by atoms with Crippen LogP contribution in [0.4, 0.5) is 0 Å². The molecule has 6 heteroatoms. The molecule has 2 unspecified atom stereocenters. The molecule has 0 aromatic heterocycles. The zero-order valence-corrected chi connectivity index (χ0v) is 11.8. The summed E-state index contributed by atoms with van der Waals surface area (Å²) >= 11 is 0. The summed E-state index contributed by atoms with van der Waals surface area (Å²) < 4.78 is 0. The van der Waals surface area contributed by atoms with Gasteiger partial charge in [-0.1, -0.05) is 13.8 Å². The van der Waals surface area contributed by atoms with E-state index in [2.05, 4.69) is 10.6 Å².